The van der Waals surface area contributed by atoms with Crippen molar-refractivity contribution in [3.05, 3.63) is 47.8 Å². The van der Waals surface area contributed by atoms with Crippen molar-refractivity contribution < 1.29 is 4.74 Å². The molecule has 19 heavy (non-hydrogen) atoms. The summed E-state index contributed by atoms with van der Waals surface area (Å²) >= 11 is 0. The van der Waals surface area contributed by atoms with E-state index in [1.54, 1.807) is 4.68 Å². The summed E-state index contributed by atoms with van der Waals surface area (Å²) < 4.78 is 7.53. The Hall–Kier alpha value is -1.85. The number of ether oxygens (including phenoxy) is 1. The van der Waals surface area contributed by atoms with Crippen LogP contribution in [0, 0.1) is 0 Å². The van der Waals surface area contributed by atoms with Gasteiger partial charge in [0.2, 0.25) is 0 Å². The zero-order valence-corrected chi connectivity index (χ0v) is 11.3. The number of para-hydroxylation sites is 1. The van der Waals surface area contributed by atoms with Crippen molar-refractivity contribution in [2.24, 2.45) is 12.9 Å². The molecule has 1 heterocycles. The number of benzene rings is 1. The highest BCUT2D eigenvalue weighted by molar-refractivity contribution is 5.39. The molecule has 0 fully saturated rings. The summed E-state index contributed by atoms with van der Waals surface area (Å²) in [6.07, 6.45) is 2.87. The van der Waals surface area contributed by atoms with Crippen molar-refractivity contribution in [3.8, 4) is 5.75 Å². The van der Waals surface area contributed by atoms with Crippen LogP contribution in [0.3, 0.4) is 0 Å². The molecule has 1 aromatic heterocycles. The van der Waals surface area contributed by atoms with Crippen molar-refractivity contribution in [3.63, 3.8) is 0 Å². The normalized spacial score (nSPS) is 12.4. The third kappa shape index (κ3) is 3.13. The number of nitrogens with two attached hydrogens (primary N) is 1. The van der Waals surface area contributed by atoms with Crippen LogP contribution in [-0.4, -0.2) is 16.4 Å². The van der Waals surface area contributed by atoms with E-state index in [1.807, 2.05) is 43.6 Å². The molecule has 0 aliphatic rings. The van der Waals surface area contributed by atoms with Gasteiger partial charge in [-0.3, -0.25) is 10.5 Å². The summed E-state index contributed by atoms with van der Waals surface area (Å²) in [4.78, 5) is 0. The number of aryl methyl sites for hydroxylation is 1. The van der Waals surface area contributed by atoms with Crippen LogP contribution in [0.1, 0.15) is 30.6 Å². The minimum atomic E-state index is -0.172. The smallest absolute Gasteiger partial charge is 0.124 e. The Kier molecular flexibility index (Phi) is 4.54. The van der Waals surface area contributed by atoms with Gasteiger partial charge in [-0.1, -0.05) is 25.1 Å². The third-order valence-electron chi connectivity index (χ3n) is 2.89. The Morgan fingerprint density at radius 2 is 2.16 bits per heavy atom. The Bertz CT molecular complexity index is 524. The summed E-state index contributed by atoms with van der Waals surface area (Å²) in [7, 11) is 1.89. The summed E-state index contributed by atoms with van der Waals surface area (Å²) in [5.74, 6) is 6.53. The maximum Gasteiger partial charge on any atom is 0.124 e. The summed E-state index contributed by atoms with van der Waals surface area (Å²) in [5.41, 5.74) is 4.68. The molecule has 0 radical (unpaired) electrons. The second-order valence-corrected chi connectivity index (χ2v) is 4.40. The SMILES string of the molecule is CCCOc1ccccc1C(NN)c1ccn(C)n1. The van der Waals surface area contributed by atoms with Crippen molar-refractivity contribution in [1.29, 1.82) is 0 Å². The van der Waals surface area contributed by atoms with Gasteiger partial charge in [0.1, 0.15) is 5.75 Å². The Labute approximate surface area is 113 Å². The van der Waals surface area contributed by atoms with E-state index in [1.165, 1.54) is 0 Å². The minimum absolute atomic E-state index is 0.172. The van der Waals surface area contributed by atoms with Gasteiger partial charge in [-0.15, -0.1) is 0 Å². The average molecular weight is 260 g/mol. The molecular formula is C14H20N4O. The molecule has 5 heteroatoms. The van der Waals surface area contributed by atoms with Gasteiger partial charge in [-0.25, -0.2) is 5.43 Å². The largest absolute Gasteiger partial charge is 0.493 e. The number of nitrogens with zero attached hydrogens (tertiary/aromatic N) is 2. The molecule has 2 aromatic rings. The van der Waals surface area contributed by atoms with Gasteiger partial charge < -0.3 is 4.74 Å². The third-order valence-corrected chi connectivity index (χ3v) is 2.89. The number of aromatic nitrogens is 2. The highest BCUT2D eigenvalue weighted by atomic mass is 16.5. The molecule has 1 aromatic carbocycles. The van der Waals surface area contributed by atoms with Crippen LogP contribution >= 0.6 is 0 Å². The fourth-order valence-corrected chi connectivity index (χ4v) is 1.98. The summed E-state index contributed by atoms with van der Waals surface area (Å²) in [6.45, 7) is 2.77. The van der Waals surface area contributed by atoms with Gasteiger partial charge in [0.25, 0.3) is 0 Å². The van der Waals surface area contributed by atoms with Gasteiger partial charge >= 0.3 is 0 Å². The van der Waals surface area contributed by atoms with Crippen molar-refractivity contribution in [1.82, 2.24) is 15.2 Å². The van der Waals surface area contributed by atoms with Crippen molar-refractivity contribution in [2.45, 2.75) is 19.4 Å². The molecule has 0 bridgehead atoms. The first-order valence-corrected chi connectivity index (χ1v) is 6.43. The lowest BCUT2D eigenvalue weighted by molar-refractivity contribution is 0.311. The van der Waals surface area contributed by atoms with Gasteiger partial charge in [-0.05, 0) is 18.6 Å². The minimum Gasteiger partial charge on any atom is -0.493 e. The fourth-order valence-electron chi connectivity index (χ4n) is 1.98. The zero-order chi connectivity index (χ0) is 13.7. The molecule has 5 nitrogen and oxygen atoms in total. The number of hydrazine groups is 1. The van der Waals surface area contributed by atoms with Crippen molar-refractivity contribution >= 4 is 0 Å². The van der Waals surface area contributed by atoms with Crippen molar-refractivity contribution in [2.75, 3.05) is 6.61 Å². The highest BCUT2D eigenvalue weighted by Crippen LogP contribution is 2.28. The molecule has 0 saturated heterocycles. The first-order valence-electron chi connectivity index (χ1n) is 6.43. The summed E-state index contributed by atoms with van der Waals surface area (Å²) in [6, 6.07) is 9.67. The Morgan fingerprint density at radius 1 is 1.37 bits per heavy atom. The van der Waals surface area contributed by atoms with Gasteiger partial charge in [-0.2, -0.15) is 5.10 Å². The first kappa shape index (κ1) is 13.6. The molecule has 0 amide bonds. The highest BCUT2D eigenvalue weighted by Gasteiger charge is 2.18. The summed E-state index contributed by atoms with van der Waals surface area (Å²) in [5, 5.41) is 4.40. The van der Waals surface area contributed by atoms with Gasteiger partial charge in [0.05, 0.1) is 18.3 Å². The van der Waals surface area contributed by atoms with E-state index < -0.39 is 0 Å². The predicted octanol–water partition coefficient (Wildman–Crippen LogP) is 1.76. The van der Waals surface area contributed by atoms with Crippen LogP contribution in [-0.2, 0) is 7.05 Å². The topological polar surface area (TPSA) is 65.1 Å². The van der Waals surface area contributed by atoms with Crippen LogP contribution in [0.5, 0.6) is 5.75 Å². The lowest BCUT2D eigenvalue weighted by Crippen LogP contribution is -2.29. The predicted molar refractivity (Wildman–Crippen MR) is 74.6 cm³/mol. The molecule has 102 valence electrons. The van der Waals surface area contributed by atoms with E-state index in [-0.39, 0.29) is 6.04 Å². The van der Waals surface area contributed by atoms with E-state index >= 15 is 0 Å². The van der Waals surface area contributed by atoms with Gasteiger partial charge in [0, 0.05) is 18.8 Å². The van der Waals surface area contributed by atoms with Gasteiger partial charge in [0.15, 0.2) is 0 Å². The lowest BCUT2D eigenvalue weighted by atomic mass is 10.0. The molecule has 0 saturated carbocycles. The molecule has 1 unspecified atom stereocenters. The second-order valence-electron chi connectivity index (χ2n) is 4.40. The van der Waals surface area contributed by atoms with E-state index in [0.29, 0.717) is 6.61 Å². The van der Waals surface area contributed by atoms with E-state index in [2.05, 4.69) is 17.4 Å². The molecule has 0 spiro atoms. The van der Waals surface area contributed by atoms with E-state index in [4.69, 9.17) is 10.6 Å². The molecule has 0 aliphatic heterocycles. The number of rotatable bonds is 6. The monoisotopic (exact) mass is 260 g/mol. The number of hydrogen-bond acceptors (Lipinski definition) is 4. The first-order chi connectivity index (χ1) is 9.26. The van der Waals surface area contributed by atoms with E-state index in [0.717, 1.165) is 23.4 Å². The molecular weight excluding hydrogens is 240 g/mol. The molecule has 1 atom stereocenters. The zero-order valence-electron chi connectivity index (χ0n) is 11.3. The van der Waals surface area contributed by atoms with Crippen LogP contribution in [0.2, 0.25) is 0 Å². The standard InChI is InChI=1S/C14H20N4O/c1-3-10-19-13-7-5-4-6-11(13)14(16-15)12-8-9-18(2)17-12/h4-9,14,16H,3,10,15H2,1-2H3. The number of nitrogens with one attached hydrogen (secondary N) is 1. The Morgan fingerprint density at radius 3 is 2.79 bits per heavy atom. The maximum absolute atomic E-state index is 5.77. The molecule has 2 rings (SSSR count). The Balaban J connectivity index is 2.32. The van der Waals surface area contributed by atoms with Crippen LogP contribution in [0.25, 0.3) is 0 Å². The quantitative estimate of drug-likeness (QED) is 0.613. The number of hydrogen-bond donors (Lipinski definition) is 2. The lowest BCUT2D eigenvalue weighted by Gasteiger charge is -2.18. The maximum atomic E-state index is 5.77. The second kappa shape index (κ2) is 6.36. The molecule has 3 N–H and O–H groups in total. The van der Waals surface area contributed by atoms with E-state index in [9.17, 15) is 0 Å². The fraction of sp³-hybridized carbons (Fsp3) is 0.357. The van der Waals surface area contributed by atoms with Crippen LogP contribution < -0.4 is 16.0 Å². The molecule has 0 aliphatic carbocycles. The van der Waals surface area contributed by atoms with Crippen LogP contribution in [0.15, 0.2) is 36.5 Å². The average Bonchev–Trinajstić information content (AvgIpc) is 2.85. The van der Waals surface area contributed by atoms with Crippen LogP contribution in [0.4, 0.5) is 0 Å².